The molecular weight excluding hydrogens is 316 g/mol. The molecule has 1 aliphatic rings. The quantitative estimate of drug-likeness (QED) is 0.835. The first kappa shape index (κ1) is 17.5. The van der Waals surface area contributed by atoms with Crippen LogP contribution in [0.4, 0.5) is 23.2 Å². The van der Waals surface area contributed by atoms with Crippen molar-refractivity contribution in [2.24, 2.45) is 0 Å². The predicted octanol–water partition coefficient (Wildman–Crippen LogP) is 2.65. The van der Waals surface area contributed by atoms with Crippen molar-refractivity contribution >= 4 is 24.0 Å². The number of ether oxygens (including phenoxy) is 1. The van der Waals surface area contributed by atoms with Crippen LogP contribution in [0.1, 0.15) is 6.42 Å². The van der Waals surface area contributed by atoms with E-state index in [0.29, 0.717) is 0 Å². The first-order valence-corrected chi connectivity index (χ1v) is 5.83. The number of carbonyl (C=O) groups excluding carboxylic acids is 1. The van der Waals surface area contributed by atoms with Crippen LogP contribution in [0.25, 0.3) is 0 Å². The van der Waals surface area contributed by atoms with E-state index in [1.807, 2.05) is 0 Å². The van der Waals surface area contributed by atoms with E-state index in [-0.39, 0.29) is 23.8 Å². The van der Waals surface area contributed by atoms with E-state index in [0.717, 1.165) is 0 Å². The maximum absolute atomic E-state index is 13.0. The van der Waals surface area contributed by atoms with E-state index in [2.05, 4.69) is 15.4 Å². The van der Waals surface area contributed by atoms with Gasteiger partial charge in [0.25, 0.3) is 5.92 Å². The number of alkyl halides is 4. The topological polar surface area (TPSA) is 50.4 Å². The van der Waals surface area contributed by atoms with Crippen molar-refractivity contribution in [2.45, 2.75) is 25.0 Å². The number of hydrogen-bond donors (Lipinski definition) is 2. The van der Waals surface area contributed by atoms with Crippen molar-refractivity contribution in [3.8, 4) is 5.75 Å². The monoisotopic (exact) mass is 328 g/mol. The molecular formula is C12H13ClF4N2O2. The van der Waals surface area contributed by atoms with Crippen LogP contribution in [0, 0.1) is 0 Å². The van der Waals surface area contributed by atoms with Crippen LogP contribution in [-0.2, 0) is 4.79 Å². The Morgan fingerprint density at radius 2 is 2.14 bits per heavy atom. The fourth-order valence-corrected chi connectivity index (χ4v) is 1.88. The number of rotatable bonds is 4. The van der Waals surface area contributed by atoms with E-state index < -0.39 is 37.4 Å². The summed E-state index contributed by atoms with van der Waals surface area (Å²) in [5.41, 5.74) is 0.199. The number of amides is 1. The van der Waals surface area contributed by atoms with Gasteiger partial charge in [0.1, 0.15) is 5.75 Å². The molecule has 0 radical (unpaired) electrons. The smallest absolute Gasteiger partial charge is 0.387 e. The number of halogens is 5. The molecule has 4 nitrogen and oxygen atoms in total. The van der Waals surface area contributed by atoms with Crippen molar-refractivity contribution in [1.82, 2.24) is 5.32 Å². The van der Waals surface area contributed by atoms with Gasteiger partial charge < -0.3 is 10.1 Å². The summed E-state index contributed by atoms with van der Waals surface area (Å²) in [6.45, 7) is -3.53. The Morgan fingerprint density at radius 1 is 1.43 bits per heavy atom. The number of nitrogens with one attached hydrogen (secondary N) is 2. The summed E-state index contributed by atoms with van der Waals surface area (Å²) in [6, 6.07) is 4.33. The van der Waals surface area contributed by atoms with Gasteiger partial charge in [-0.2, -0.15) is 8.78 Å². The van der Waals surface area contributed by atoms with Crippen LogP contribution in [-0.4, -0.2) is 31.0 Å². The molecule has 21 heavy (non-hydrogen) atoms. The zero-order valence-electron chi connectivity index (χ0n) is 10.6. The molecule has 0 aromatic heterocycles. The second-order valence-electron chi connectivity index (χ2n) is 4.39. The molecule has 1 saturated heterocycles. The lowest BCUT2D eigenvalue weighted by Gasteiger charge is -2.12. The fraction of sp³-hybridized carbons (Fsp3) is 0.417. The third-order valence-corrected chi connectivity index (χ3v) is 2.75. The molecule has 2 rings (SSSR count). The Morgan fingerprint density at radius 3 is 2.71 bits per heavy atom. The Hall–Kier alpha value is -1.54. The van der Waals surface area contributed by atoms with Gasteiger partial charge in [0.2, 0.25) is 5.91 Å². The minimum Gasteiger partial charge on any atom is -0.435 e. The minimum atomic E-state index is -2.98. The molecule has 9 heteroatoms. The van der Waals surface area contributed by atoms with Crippen molar-refractivity contribution in [2.75, 3.05) is 11.9 Å². The molecule has 1 amide bonds. The van der Waals surface area contributed by atoms with Crippen LogP contribution in [0.5, 0.6) is 5.75 Å². The Balaban J connectivity index is 0.00000220. The minimum absolute atomic E-state index is 0. The summed E-state index contributed by atoms with van der Waals surface area (Å²) in [6.07, 6.45) is -0.591. The van der Waals surface area contributed by atoms with Gasteiger partial charge in [-0.3, -0.25) is 10.1 Å². The van der Waals surface area contributed by atoms with E-state index in [9.17, 15) is 22.4 Å². The number of carbonyl (C=O) groups is 1. The summed E-state index contributed by atoms with van der Waals surface area (Å²) < 4.78 is 54.2. The lowest BCUT2D eigenvalue weighted by atomic mass is 10.2. The van der Waals surface area contributed by atoms with Crippen LogP contribution < -0.4 is 15.4 Å². The van der Waals surface area contributed by atoms with Gasteiger partial charge in [0, 0.05) is 18.2 Å². The molecule has 1 unspecified atom stereocenters. The van der Waals surface area contributed by atoms with Gasteiger partial charge >= 0.3 is 6.61 Å². The summed E-state index contributed by atoms with van der Waals surface area (Å²) in [4.78, 5) is 11.7. The van der Waals surface area contributed by atoms with Gasteiger partial charge in [0.15, 0.2) is 0 Å². The third-order valence-electron chi connectivity index (χ3n) is 2.75. The first-order chi connectivity index (χ1) is 9.35. The predicted molar refractivity (Wildman–Crippen MR) is 70.3 cm³/mol. The maximum atomic E-state index is 13.0. The normalized spacial score (nSPS) is 20.0. The van der Waals surface area contributed by atoms with Crippen molar-refractivity contribution < 1.29 is 27.1 Å². The van der Waals surface area contributed by atoms with E-state index in [4.69, 9.17) is 0 Å². The van der Waals surface area contributed by atoms with Crippen LogP contribution in [0.15, 0.2) is 24.3 Å². The summed E-state index contributed by atoms with van der Waals surface area (Å²) in [5.74, 6) is -3.68. The van der Waals surface area contributed by atoms with E-state index in [1.165, 1.54) is 24.3 Å². The number of benzene rings is 1. The third kappa shape index (κ3) is 5.05. The highest BCUT2D eigenvalue weighted by atomic mass is 35.5. The molecule has 118 valence electrons. The zero-order valence-corrected chi connectivity index (χ0v) is 11.4. The largest absolute Gasteiger partial charge is 0.435 e. The van der Waals surface area contributed by atoms with Crippen molar-refractivity contribution in [3.05, 3.63) is 24.3 Å². The summed E-state index contributed by atoms with van der Waals surface area (Å²) in [5, 5.41) is 4.78. The maximum Gasteiger partial charge on any atom is 0.387 e. The molecule has 0 spiro atoms. The molecule has 1 aromatic carbocycles. The highest BCUT2D eigenvalue weighted by molar-refractivity contribution is 5.95. The fourth-order valence-electron chi connectivity index (χ4n) is 1.88. The molecule has 0 aliphatic carbocycles. The molecule has 0 saturated carbocycles. The number of hydrogen-bond acceptors (Lipinski definition) is 3. The van der Waals surface area contributed by atoms with Gasteiger partial charge in [-0.05, 0) is 12.1 Å². The first-order valence-electron chi connectivity index (χ1n) is 5.83. The van der Waals surface area contributed by atoms with Crippen molar-refractivity contribution in [3.63, 3.8) is 0 Å². The molecule has 1 aromatic rings. The van der Waals surface area contributed by atoms with E-state index in [1.54, 1.807) is 0 Å². The highest BCUT2D eigenvalue weighted by Crippen LogP contribution is 2.26. The van der Waals surface area contributed by atoms with Gasteiger partial charge in [-0.1, -0.05) is 6.07 Å². The summed E-state index contributed by atoms with van der Waals surface area (Å²) >= 11 is 0. The molecule has 1 heterocycles. The van der Waals surface area contributed by atoms with Crippen LogP contribution >= 0.6 is 12.4 Å². The highest BCUT2D eigenvalue weighted by Gasteiger charge is 2.42. The van der Waals surface area contributed by atoms with Crippen LogP contribution in [0.2, 0.25) is 0 Å². The second kappa shape index (κ2) is 6.95. The Labute approximate surface area is 124 Å². The van der Waals surface area contributed by atoms with Gasteiger partial charge in [-0.25, -0.2) is 8.78 Å². The van der Waals surface area contributed by atoms with Crippen LogP contribution in [0.3, 0.4) is 0 Å². The molecule has 1 atom stereocenters. The molecule has 0 bridgehead atoms. The molecule has 1 aliphatic heterocycles. The lowest BCUT2D eigenvalue weighted by molar-refractivity contribution is -0.118. The van der Waals surface area contributed by atoms with Crippen molar-refractivity contribution in [1.29, 1.82) is 0 Å². The zero-order chi connectivity index (χ0) is 14.8. The summed E-state index contributed by atoms with van der Waals surface area (Å²) in [7, 11) is 0. The standard InChI is InChI=1S/C12H12F4N2O2.ClH/c13-11(14)20-8-3-1-2-7(4-8)18-10(19)9-5-12(15,16)6-17-9;/h1-4,9,11,17H,5-6H2,(H,18,19);1H. The van der Waals surface area contributed by atoms with Gasteiger partial charge in [-0.15, -0.1) is 12.4 Å². The average molecular weight is 329 g/mol. The SMILES string of the molecule is Cl.O=C(Nc1cccc(OC(F)F)c1)C1CC(F)(F)CN1. The molecule has 1 fully saturated rings. The average Bonchev–Trinajstić information content (AvgIpc) is 2.69. The Bertz CT molecular complexity index is 502. The lowest BCUT2D eigenvalue weighted by Crippen LogP contribution is -2.35. The number of anilines is 1. The van der Waals surface area contributed by atoms with E-state index >= 15 is 0 Å². The second-order valence-corrected chi connectivity index (χ2v) is 4.39. The van der Waals surface area contributed by atoms with Gasteiger partial charge in [0.05, 0.1) is 12.6 Å². The Kier molecular flexibility index (Phi) is 5.79. The molecule has 2 N–H and O–H groups in total.